The molecular formula is C22H34N6O2. The van der Waals surface area contributed by atoms with E-state index in [9.17, 15) is 4.79 Å². The predicted octanol–water partition coefficient (Wildman–Crippen LogP) is 3.22. The molecule has 0 spiro atoms. The van der Waals surface area contributed by atoms with Gasteiger partial charge in [-0.1, -0.05) is 0 Å². The Hall–Kier alpha value is -2.38. The summed E-state index contributed by atoms with van der Waals surface area (Å²) in [4.78, 5) is 26.4. The fourth-order valence-electron chi connectivity index (χ4n) is 4.55. The highest BCUT2D eigenvalue weighted by Gasteiger charge is 2.26. The van der Waals surface area contributed by atoms with Crippen LogP contribution in [0.4, 0.5) is 17.6 Å². The van der Waals surface area contributed by atoms with Gasteiger partial charge in [0.15, 0.2) is 5.82 Å². The van der Waals surface area contributed by atoms with Crippen molar-refractivity contribution in [2.75, 3.05) is 54.6 Å². The van der Waals surface area contributed by atoms with Crippen LogP contribution in [-0.4, -0.2) is 61.5 Å². The molecule has 30 heavy (non-hydrogen) atoms. The second-order valence-electron chi connectivity index (χ2n) is 8.49. The normalized spacial score (nSPS) is 21.8. The zero-order valence-electron chi connectivity index (χ0n) is 18.3. The van der Waals surface area contributed by atoms with Crippen LogP contribution >= 0.6 is 0 Å². The van der Waals surface area contributed by atoms with Crippen molar-refractivity contribution in [2.24, 2.45) is 11.0 Å². The molecule has 3 heterocycles. The van der Waals surface area contributed by atoms with E-state index in [1.165, 1.54) is 25.7 Å². The first-order valence-corrected chi connectivity index (χ1v) is 11.5. The van der Waals surface area contributed by atoms with Crippen LogP contribution in [0.25, 0.3) is 0 Å². The minimum absolute atomic E-state index is 0.0109. The van der Waals surface area contributed by atoms with Crippen LogP contribution in [0.2, 0.25) is 0 Å². The monoisotopic (exact) mass is 414 g/mol. The van der Waals surface area contributed by atoms with Crippen molar-refractivity contribution in [3.05, 3.63) is 6.07 Å². The number of rotatable bonds is 6. The minimum atomic E-state index is -0.0637. The zero-order chi connectivity index (χ0) is 20.9. The Morgan fingerprint density at radius 1 is 1.10 bits per heavy atom. The molecule has 1 aromatic rings. The Labute approximate surface area is 179 Å². The lowest BCUT2D eigenvalue weighted by molar-refractivity contribution is -0.148. The van der Waals surface area contributed by atoms with E-state index < -0.39 is 0 Å². The van der Waals surface area contributed by atoms with Gasteiger partial charge in [0, 0.05) is 45.0 Å². The average molecular weight is 415 g/mol. The number of esters is 1. The molecule has 2 aliphatic heterocycles. The van der Waals surface area contributed by atoms with Crippen molar-refractivity contribution in [1.29, 1.82) is 0 Å². The molecule has 2 saturated heterocycles. The maximum atomic E-state index is 12.0. The third kappa shape index (κ3) is 4.84. The topological polar surface area (TPSA) is 74.2 Å². The zero-order valence-corrected chi connectivity index (χ0v) is 18.3. The SMILES string of the molecule is CCOC(=O)C1CCC(=NN(C)c2cc(N3CCCC3)nc(N3CCCC3)n2)CC1. The molecule has 0 unspecified atom stereocenters. The maximum Gasteiger partial charge on any atom is 0.308 e. The summed E-state index contributed by atoms with van der Waals surface area (Å²) in [6.07, 6.45) is 8.13. The standard InChI is InChI=1S/C22H34N6O2/c1-3-30-21(29)17-8-10-18(11-9-17)25-26(2)19-16-20(27-12-4-5-13-27)24-22(23-19)28-14-6-7-15-28/h16-17H,3-15H2,1-2H3. The van der Waals surface area contributed by atoms with E-state index in [1.54, 1.807) is 0 Å². The van der Waals surface area contributed by atoms with Gasteiger partial charge in [0.25, 0.3) is 0 Å². The number of aromatic nitrogens is 2. The molecule has 0 bridgehead atoms. The fourth-order valence-corrected chi connectivity index (χ4v) is 4.55. The van der Waals surface area contributed by atoms with Gasteiger partial charge in [0.1, 0.15) is 5.82 Å². The van der Waals surface area contributed by atoms with Crippen molar-refractivity contribution in [2.45, 2.75) is 58.3 Å². The first kappa shape index (κ1) is 20.9. The van der Waals surface area contributed by atoms with Gasteiger partial charge >= 0.3 is 5.97 Å². The molecule has 3 aliphatic rings. The van der Waals surface area contributed by atoms with Gasteiger partial charge in [-0.3, -0.25) is 9.80 Å². The molecule has 8 nitrogen and oxygen atoms in total. The summed E-state index contributed by atoms with van der Waals surface area (Å²) >= 11 is 0. The molecule has 1 saturated carbocycles. The molecule has 0 atom stereocenters. The molecular weight excluding hydrogens is 380 g/mol. The number of carbonyl (C=O) groups excluding carboxylic acids is 1. The van der Waals surface area contributed by atoms with Gasteiger partial charge in [-0.25, -0.2) is 0 Å². The van der Waals surface area contributed by atoms with E-state index in [1.807, 2.05) is 19.0 Å². The van der Waals surface area contributed by atoms with Crippen LogP contribution < -0.4 is 14.8 Å². The van der Waals surface area contributed by atoms with Crippen LogP contribution in [0.3, 0.4) is 0 Å². The molecule has 1 aliphatic carbocycles. The fraction of sp³-hybridized carbons (Fsp3) is 0.727. The Balaban J connectivity index is 1.49. The van der Waals surface area contributed by atoms with Crippen LogP contribution in [0, 0.1) is 5.92 Å². The van der Waals surface area contributed by atoms with E-state index in [-0.39, 0.29) is 11.9 Å². The molecule has 4 rings (SSSR count). The highest BCUT2D eigenvalue weighted by atomic mass is 16.5. The Morgan fingerprint density at radius 2 is 1.73 bits per heavy atom. The second-order valence-corrected chi connectivity index (χ2v) is 8.49. The summed E-state index contributed by atoms with van der Waals surface area (Å²) in [7, 11) is 1.97. The van der Waals surface area contributed by atoms with E-state index in [4.69, 9.17) is 19.8 Å². The second kappa shape index (κ2) is 9.62. The highest BCUT2D eigenvalue weighted by molar-refractivity contribution is 5.87. The summed E-state index contributed by atoms with van der Waals surface area (Å²) in [6, 6.07) is 2.07. The van der Waals surface area contributed by atoms with E-state index in [0.29, 0.717) is 6.61 Å². The number of hydrogen-bond acceptors (Lipinski definition) is 8. The highest BCUT2D eigenvalue weighted by Crippen LogP contribution is 2.28. The van der Waals surface area contributed by atoms with Crippen molar-refractivity contribution in [3.8, 4) is 0 Å². The lowest BCUT2D eigenvalue weighted by atomic mass is 9.88. The third-order valence-corrected chi connectivity index (χ3v) is 6.31. The van der Waals surface area contributed by atoms with Gasteiger partial charge in [-0.2, -0.15) is 15.1 Å². The number of carbonyl (C=O) groups is 1. The molecule has 164 valence electrons. The van der Waals surface area contributed by atoms with Crippen molar-refractivity contribution < 1.29 is 9.53 Å². The van der Waals surface area contributed by atoms with Crippen molar-refractivity contribution in [3.63, 3.8) is 0 Å². The molecule has 8 heteroatoms. The van der Waals surface area contributed by atoms with Gasteiger partial charge in [-0.15, -0.1) is 0 Å². The third-order valence-electron chi connectivity index (χ3n) is 6.31. The number of hydrogen-bond donors (Lipinski definition) is 0. The maximum absolute atomic E-state index is 12.0. The number of nitrogens with zero attached hydrogens (tertiary/aromatic N) is 6. The Morgan fingerprint density at radius 3 is 2.37 bits per heavy atom. The van der Waals surface area contributed by atoms with Crippen LogP contribution in [-0.2, 0) is 9.53 Å². The molecule has 3 fully saturated rings. The van der Waals surface area contributed by atoms with Gasteiger partial charge in [0.05, 0.1) is 12.5 Å². The van der Waals surface area contributed by atoms with E-state index >= 15 is 0 Å². The molecule has 0 aromatic carbocycles. The summed E-state index contributed by atoms with van der Waals surface area (Å²) < 4.78 is 5.18. The summed E-state index contributed by atoms with van der Waals surface area (Å²) in [6.45, 7) is 6.47. The van der Waals surface area contributed by atoms with Gasteiger partial charge in [-0.05, 0) is 58.3 Å². The molecule has 1 aromatic heterocycles. The quantitative estimate of drug-likeness (QED) is 0.523. The first-order valence-electron chi connectivity index (χ1n) is 11.5. The first-order chi connectivity index (χ1) is 14.6. The average Bonchev–Trinajstić information content (AvgIpc) is 3.48. The van der Waals surface area contributed by atoms with Crippen molar-refractivity contribution >= 4 is 29.3 Å². The molecule has 0 amide bonds. The summed E-state index contributed by atoms with van der Waals surface area (Å²) in [5, 5.41) is 6.74. The van der Waals surface area contributed by atoms with E-state index in [0.717, 1.165) is 75.2 Å². The van der Waals surface area contributed by atoms with Gasteiger partial charge < -0.3 is 14.5 Å². The number of hydrazone groups is 1. The lowest BCUT2D eigenvalue weighted by Crippen LogP contribution is -2.27. The Kier molecular flexibility index (Phi) is 6.69. The summed E-state index contributed by atoms with van der Waals surface area (Å²) in [5.74, 6) is 2.62. The van der Waals surface area contributed by atoms with Crippen molar-refractivity contribution in [1.82, 2.24) is 9.97 Å². The number of anilines is 3. The number of ether oxygens (including phenoxy) is 1. The van der Waals surface area contributed by atoms with Crippen LogP contribution in [0.15, 0.2) is 11.2 Å². The molecule has 0 radical (unpaired) electrons. The van der Waals surface area contributed by atoms with E-state index in [2.05, 4.69) is 15.9 Å². The predicted molar refractivity (Wildman–Crippen MR) is 119 cm³/mol. The smallest absolute Gasteiger partial charge is 0.308 e. The molecule has 0 N–H and O–H groups in total. The minimum Gasteiger partial charge on any atom is -0.466 e. The van der Waals surface area contributed by atoms with Crippen LogP contribution in [0.1, 0.15) is 58.3 Å². The van der Waals surface area contributed by atoms with Gasteiger partial charge in [0.2, 0.25) is 5.95 Å². The lowest BCUT2D eigenvalue weighted by Gasteiger charge is -2.25. The van der Waals surface area contributed by atoms with Crippen LogP contribution in [0.5, 0.6) is 0 Å². The Bertz CT molecular complexity index is 727. The summed E-state index contributed by atoms with van der Waals surface area (Å²) in [5.41, 5.74) is 1.13. The largest absolute Gasteiger partial charge is 0.466 e.